The number of likely N-dealkylation sites (tertiary alicyclic amines) is 1. The first kappa shape index (κ1) is 15.6. The maximum Gasteiger partial charge on any atom is 0.230 e. The quantitative estimate of drug-likeness (QED) is 0.789. The third-order valence-electron chi connectivity index (χ3n) is 4.67. The van der Waals surface area contributed by atoms with Crippen molar-refractivity contribution in [2.45, 2.75) is 39.2 Å². The van der Waals surface area contributed by atoms with Crippen LogP contribution in [0.25, 0.3) is 4.96 Å². The molecule has 0 spiro atoms. The Morgan fingerprint density at radius 2 is 1.96 bits per heavy atom. The van der Waals surface area contributed by atoms with Gasteiger partial charge in [0, 0.05) is 0 Å². The standard InChI is InChI=1S/C18H22N4OS/c1-12-7-6-8-14(11-12)15(21-9-4-3-5-10-21)16-17(23)22-18(24-16)19-13(2)20-22/h6-8,11,15,23H,3-5,9-10H2,1-2H3/t15-/m1/s1. The molecule has 126 valence electrons. The van der Waals surface area contributed by atoms with Crippen LogP contribution in [0.2, 0.25) is 0 Å². The van der Waals surface area contributed by atoms with Gasteiger partial charge in [0.25, 0.3) is 0 Å². The molecule has 5 nitrogen and oxygen atoms in total. The van der Waals surface area contributed by atoms with Gasteiger partial charge in [-0.2, -0.15) is 4.52 Å². The first-order valence-corrected chi connectivity index (χ1v) is 9.31. The van der Waals surface area contributed by atoms with Crippen LogP contribution in [0.15, 0.2) is 24.3 Å². The van der Waals surface area contributed by atoms with Crippen LogP contribution in [0.5, 0.6) is 5.88 Å². The summed E-state index contributed by atoms with van der Waals surface area (Å²) in [6, 6.07) is 8.66. The topological polar surface area (TPSA) is 53.7 Å². The van der Waals surface area contributed by atoms with Crippen molar-refractivity contribution >= 4 is 16.3 Å². The Hall–Kier alpha value is -1.92. The first-order valence-electron chi connectivity index (χ1n) is 8.49. The molecule has 1 N–H and O–H groups in total. The summed E-state index contributed by atoms with van der Waals surface area (Å²) >= 11 is 1.54. The fourth-order valence-corrected chi connectivity index (χ4v) is 4.73. The minimum atomic E-state index is 0.0685. The second kappa shape index (κ2) is 6.18. The van der Waals surface area contributed by atoms with Gasteiger partial charge in [-0.15, -0.1) is 5.10 Å². The summed E-state index contributed by atoms with van der Waals surface area (Å²) in [7, 11) is 0. The highest BCUT2D eigenvalue weighted by Crippen LogP contribution is 2.40. The Labute approximate surface area is 145 Å². The molecule has 1 saturated heterocycles. The number of nitrogens with zero attached hydrogens (tertiary/aromatic N) is 4. The van der Waals surface area contributed by atoms with E-state index in [0.717, 1.165) is 22.9 Å². The van der Waals surface area contributed by atoms with E-state index in [-0.39, 0.29) is 11.9 Å². The summed E-state index contributed by atoms with van der Waals surface area (Å²) in [4.78, 5) is 8.61. The molecule has 1 atom stereocenters. The van der Waals surface area contributed by atoms with Gasteiger partial charge in [-0.05, 0) is 45.3 Å². The average molecular weight is 342 g/mol. The molecule has 0 amide bonds. The number of aromatic nitrogens is 3. The Balaban J connectivity index is 1.84. The number of fused-ring (bicyclic) bond motifs is 1. The smallest absolute Gasteiger partial charge is 0.230 e. The van der Waals surface area contributed by atoms with Crippen LogP contribution < -0.4 is 0 Å². The fourth-order valence-electron chi connectivity index (χ4n) is 3.57. The zero-order chi connectivity index (χ0) is 16.7. The van der Waals surface area contributed by atoms with Crippen LogP contribution >= 0.6 is 11.3 Å². The van der Waals surface area contributed by atoms with E-state index in [4.69, 9.17) is 0 Å². The maximum absolute atomic E-state index is 10.8. The average Bonchev–Trinajstić information content (AvgIpc) is 3.07. The Morgan fingerprint density at radius 3 is 2.67 bits per heavy atom. The van der Waals surface area contributed by atoms with Gasteiger partial charge in [-0.1, -0.05) is 47.6 Å². The molecule has 0 saturated carbocycles. The molecule has 3 heterocycles. The highest BCUT2D eigenvalue weighted by Gasteiger charge is 2.30. The zero-order valence-electron chi connectivity index (χ0n) is 14.1. The summed E-state index contributed by atoms with van der Waals surface area (Å²) in [5, 5.41) is 15.1. The fraction of sp³-hybridized carbons (Fsp3) is 0.444. The van der Waals surface area contributed by atoms with Crippen LogP contribution in [-0.4, -0.2) is 37.7 Å². The van der Waals surface area contributed by atoms with E-state index in [9.17, 15) is 5.11 Å². The van der Waals surface area contributed by atoms with E-state index in [1.54, 1.807) is 15.9 Å². The summed E-state index contributed by atoms with van der Waals surface area (Å²) in [5.74, 6) is 0.917. The SMILES string of the molecule is Cc1cccc([C@H](c2sc3nc(C)nn3c2O)N2CCCCC2)c1. The monoisotopic (exact) mass is 342 g/mol. The van der Waals surface area contributed by atoms with Gasteiger partial charge in [-0.25, -0.2) is 4.98 Å². The first-order chi connectivity index (χ1) is 11.6. The Bertz CT molecular complexity index is 863. The minimum absolute atomic E-state index is 0.0685. The molecule has 24 heavy (non-hydrogen) atoms. The third kappa shape index (κ3) is 2.70. The van der Waals surface area contributed by atoms with E-state index in [2.05, 4.69) is 46.2 Å². The van der Waals surface area contributed by atoms with Crippen molar-refractivity contribution in [1.29, 1.82) is 0 Å². The number of benzene rings is 1. The number of hydrogen-bond donors (Lipinski definition) is 1. The predicted octanol–water partition coefficient (Wildman–Crippen LogP) is 3.69. The maximum atomic E-state index is 10.8. The molecule has 1 aromatic carbocycles. The summed E-state index contributed by atoms with van der Waals surface area (Å²) < 4.78 is 1.57. The van der Waals surface area contributed by atoms with Gasteiger partial charge in [0.15, 0.2) is 0 Å². The number of piperidine rings is 1. The third-order valence-corrected chi connectivity index (χ3v) is 5.74. The van der Waals surface area contributed by atoms with Crippen LogP contribution in [-0.2, 0) is 0 Å². The van der Waals surface area contributed by atoms with Crippen molar-refractivity contribution in [3.63, 3.8) is 0 Å². The largest absolute Gasteiger partial charge is 0.492 e. The highest BCUT2D eigenvalue weighted by molar-refractivity contribution is 7.17. The molecule has 0 unspecified atom stereocenters. The van der Waals surface area contributed by atoms with E-state index < -0.39 is 0 Å². The summed E-state index contributed by atoms with van der Waals surface area (Å²) in [5.41, 5.74) is 2.47. The molecule has 6 heteroatoms. The van der Waals surface area contributed by atoms with Gasteiger partial charge in [-0.3, -0.25) is 4.90 Å². The lowest BCUT2D eigenvalue weighted by Crippen LogP contribution is -2.34. The molecule has 4 rings (SSSR count). The van der Waals surface area contributed by atoms with E-state index in [0.29, 0.717) is 5.82 Å². The zero-order valence-corrected chi connectivity index (χ0v) is 14.9. The predicted molar refractivity (Wildman–Crippen MR) is 95.7 cm³/mol. The van der Waals surface area contributed by atoms with Crippen molar-refractivity contribution < 1.29 is 5.11 Å². The van der Waals surface area contributed by atoms with Crippen molar-refractivity contribution in [1.82, 2.24) is 19.5 Å². The van der Waals surface area contributed by atoms with Crippen molar-refractivity contribution in [3.8, 4) is 5.88 Å². The second-order valence-electron chi connectivity index (χ2n) is 6.56. The molecule has 1 aliphatic heterocycles. The van der Waals surface area contributed by atoms with Gasteiger partial charge in [0.2, 0.25) is 10.8 Å². The molecule has 0 aliphatic carbocycles. The highest BCUT2D eigenvalue weighted by atomic mass is 32.1. The minimum Gasteiger partial charge on any atom is -0.492 e. The van der Waals surface area contributed by atoms with Crippen LogP contribution in [0, 0.1) is 13.8 Å². The molecule has 0 radical (unpaired) electrons. The molecular formula is C18H22N4OS. The lowest BCUT2D eigenvalue weighted by atomic mass is 9.99. The Kier molecular flexibility index (Phi) is 4.02. The number of aromatic hydroxyl groups is 1. The number of aryl methyl sites for hydroxylation is 2. The van der Waals surface area contributed by atoms with Crippen molar-refractivity contribution in [3.05, 3.63) is 46.1 Å². The van der Waals surface area contributed by atoms with Crippen LogP contribution in [0.3, 0.4) is 0 Å². The second-order valence-corrected chi connectivity index (χ2v) is 7.57. The number of rotatable bonds is 3. The molecule has 0 bridgehead atoms. The molecule has 1 aliphatic rings. The van der Waals surface area contributed by atoms with Crippen molar-refractivity contribution in [2.75, 3.05) is 13.1 Å². The molecular weight excluding hydrogens is 320 g/mol. The van der Waals surface area contributed by atoms with E-state index in [1.165, 1.54) is 30.4 Å². The van der Waals surface area contributed by atoms with Gasteiger partial charge >= 0.3 is 0 Å². The lowest BCUT2D eigenvalue weighted by molar-refractivity contribution is 0.186. The normalized spacial score (nSPS) is 17.4. The number of hydrogen-bond acceptors (Lipinski definition) is 5. The van der Waals surface area contributed by atoms with Gasteiger partial charge < -0.3 is 5.11 Å². The van der Waals surface area contributed by atoms with Crippen LogP contribution in [0.4, 0.5) is 0 Å². The molecule has 1 fully saturated rings. The summed E-state index contributed by atoms with van der Waals surface area (Å²) in [6.07, 6.45) is 3.71. The summed E-state index contributed by atoms with van der Waals surface area (Å²) in [6.45, 7) is 6.08. The Morgan fingerprint density at radius 1 is 1.17 bits per heavy atom. The van der Waals surface area contributed by atoms with E-state index >= 15 is 0 Å². The molecule has 2 aromatic heterocycles. The molecule has 3 aromatic rings. The lowest BCUT2D eigenvalue weighted by Gasteiger charge is -2.34. The van der Waals surface area contributed by atoms with Crippen molar-refractivity contribution in [2.24, 2.45) is 0 Å². The van der Waals surface area contributed by atoms with Crippen LogP contribution in [0.1, 0.15) is 47.1 Å². The number of thiazole rings is 1. The van der Waals surface area contributed by atoms with Gasteiger partial charge in [0.1, 0.15) is 5.82 Å². The van der Waals surface area contributed by atoms with E-state index in [1.807, 2.05) is 6.92 Å². The van der Waals surface area contributed by atoms with Gasteiger partial charge in [0.05, 0.1) is 10.9 Å².